The number of carbonyl (C=O) groups excluding carboxylic acids is 2. The molecular formula is C11H15NO4. The summed E-state index contributed by atoms with van der Waals surface area (Å²) in [5.41, 5.74) is 0.0494. The van der Waals surface area contributed by atoms with Gasteiger partial charge in [0, 0.05) is 0 Å². The third kappa shape index (κ3) is 2.03. The number of morpholine rings is 1. The zero-order valence-electron chi connectivity index (χ0n) is 9.25. The first-order valence-corrected chi connectivity index (χ1v) is 5.40. The number of ether oxygens (including phenoxy) is 2. The Morgan fingerprint density at radius 2 is 2.19 bits per heavy atom. The van der Waals surface area contributed by atoms with Crippen LogP contribution in [0.5, 0.6) is 0 Å². The number of cyclic esters (lactones) is 1. The molecule has 2 aliphatic rings. The molecular weight excluding hydrogens is 210 g/mol. The van der Waals surface area contributed by atoms with E-state index in [2.05, 4.69) is 10.1 Å². The number of nitrogens with one attached hydrogen (secondary N) is 1. The van der Waals surface area contributed by atoms with Gasteiger partial charge >= 0.3 is 11.9 Å². The molecule has 5 heteroatoms. The van der Waals surface area contributed by atoms with Gasteiger partial charge in [0.2, 0.25) is 0 Å². The summed E-state index contributed by atoms with van der Waals surface area (Å²) in [4.78, 5) is 22.5. The van der Waals surface area contributed by atoms with Gasteiger partial charge in [0.05, 0.1) is 18.7 Å². The van der Waals surface area contributed by atoms with Crippen LogP contribution in [0, 0.1) is 0 Å². The predicted octanol–water partition coefficient (Wildman–Crippen LogP) is 0.502. The molecule has 1 aliphatic carbocycles. The van der Waals surface area contributed by atoms with Crippen LogP contribution in [-0.4, -0.2) is 31.2 Å². The van der Waals surface area contributed by atoms with Gasteiger partial charge in [0.15, 0.2) is 0 Å². The molecule has 2 rings (SSSR count). The SMILES string of the molecule is COC(=O)/C=C1\NC2(CCCC2)COC1=O. The molecule has 0 aromatic rings. The van der Waals surface area contributed by atoms with Gasteiger partial charge in [-0.05, 0) is 12.8 Å². The molecule has 0 aromatic heterocycles. The molecule has 1 saturated carbocycles. The molecule has 5 nitrogen and oxygen atoms in total. The van der Waals surface area contributed by atoms with Gasteiger partial charge in [-0.2, -0.15) is 0 Å². The first-order valence-electron chi connectivity index (χ1n) is 5.40. The summed E-state index contributed by atoms with van der Waals surface area (Å²) in [6.07, 6.45) is 5.34. The summed E-state index contributed by atoms with van der Waals surface area (Å²) < 4.78 is 9.59. The van der Waals surface area contributed by atoms with Gasteiger partial charge < -0.3 is 14.8 Å². The van der Waals surface area contributed by atoms with Crippen molar-refractivity contribution in [3.8, 4) is 0 Å². The normalized spacial score (nSPS) is 25.3. The summed E-state index contributed by atoms with van der Waals surface area (Å²) in [5.74, 6) is -1.03. The Balaban J connectivity index is 2.14. The fraction of sp³-hybridized carbons (Fsp3) is 0.636. The van der Waals surface area contributed by atoms with E-state index in [-0.39, 0.29) is 11.2 Å². The van der Waals surface area contributed by atoms with E-state index in [0.717, 1.165) is 31.8 Å². The molecule has 0 aromatic carbocycles. The average molecular weight is 225 g/mol. The summed E-state index contributed by atoms with van der Waals surface area (Å²) in [5, 5.41) is 3.13. The second-order valence-corrected chi connectivity index (χ2v) is 4.27. The van der Waals surface area contributed by atoms with Crippen molar-refractivity contribution in [1.29, 1.82) is 0 Å². The van der Waals surface area contributed by atoms with Crippen LogP contribution < -0.4 is 5.32 Å². The van der Waals surface area contributed by atoms with Crippen LogP contribution in [0.3, 0.4) is 0 Å². The summed E-state index contributed by atoms with van der Waals surface area (Å²) in [6, 6.07) is 0. The van der Waals surface area contributed by atoms with Crippen LogP contribution >= 0.6 is 0 Å². The van der Waals surface area contributed by atoms with Crippen LogP contribution in [0.4, 0.5) is 0 Å². The number of hydrogen-bond donors (Lipinski definition) is 1. The summed E-state index contributed by atoms with van der Waals surface area (Å²) in [6.45, 7) is 0.393. The molecule has 0 unspecified atom stereocenters. The lowest BCUT2D eigenvalue weighted by atomic mass is 9.97. The molecule has 0 bridgehead atoms. The Labute approximate surface area is 93.8 Å². The Bertz CT molecular complexity index is 342. The number of esters is 2. The smallest absolute Gasteiger partial charge is 0.354 e. The van der Waals surface area contributed by atoms with E-state index >= 15 is 0 Å². The van der Waals surface area contributed by atoms with Crippen molar-refractivity contribution >= 4 is 11.9 Å². The first-order chi connectivity index (χ1) is 7.65. The molecule has 16 heavy (non-hydrogen) atoms. The van der Waals surface area contributed by atoms with Crippen molar-refractivity contribution in [2.45, 2.75) is 31.2 Å². The topological polar surface area (TPSA) is 64.6 Å². The minimum atomic E-state index is -0.547. The highest BCUT2D eigenvalue weighted by atomic mass is 16.5. The van der Waals surface area contributed by atoms with Gasteiger partial charge in [-0.25, -0.2) is 9.59 Å². The maximum absolute atomic E-state index is 11.4. The third-order valence-corrected chi connectivity index (χ3v) is 3.12. The molecule has 1 saturated heterocycles. The highest BCUT2D eigenvalue weighted by Gasteiger charge is 2.40. The highest BCUT2D eigenvalue weighted by molar-refractivity contribution is 5.96. The summed E-state index contributed by atoms with van der Waals surface area (Å²) >= 11 is 0. The van der Waals surface area contributed by atoms with E-state index in [1.165, 1.54) is 7.11 Å². The summed E-state index contributed by atoms with van der Waals surface area (Å²) in [7, 11) is 1.28. The minimum Gasteiger partial charge on any atom is -0.466 e. The van der Waals surface area contributed by atoms with E-state index in [0.29, 0.717) is 6.61 Å². The van der Waals surface area contributed by atoms with Crippen LogP contribution in [0.2, 0.25) is 0 Å². The molecule has 0 atom stereocenters. The second kappa shape index (κ2) is 4.15. The minimum absolute atomic E-state index is 0.159. The Kier molecular flexibility index (Phi) is 2.85. The Hall–Kier alpha value is -1.52. The molecule has 1 spiro atoms. The number of rotatable bonds is 1. The molecule has 0 amide bonds. The Morgan fingerprint density at radius 1 is 1.50 bits per heavy atom. The van der Waals surface area contributed by atoms with Crippen molar-refractivity contribution in [2.75, 3.05) is 13.7 Å². The molecule has 88 valence electrons. The molecule has 0 radical (unpaired) electrons. The maximum atomic E-state index is 11.4. The van der Waals surface area contributed by atoms with Crippen LogP contribution in [0.15, 0.2) is 11.8 Å². The lowest BCUT2D eigenvalue weighted by Crippen LogP contribution is -2.52. The number of carbonyl (C=O) groups is 2. The van der Waals surface area contributed by atoms with Crippen LogP contribution in [0.1, 0.15) is 25.7 Å². The van der Waals surface area contributed by atoms with Crippen molar-refractivity contribution in [3.05, 3.63) is 11.8 Å². The third-order valence-electron chi connectivity index (χ3n) is 3.12. The van der Waals surface area contributed by atoms with Crippen molar-refractivity contribution in [1.82, 2.24) is 5.32 Å². The number of methoxy groups -OCH3 is 1. The largest absolute Gasteiger partial charge is 0.466 e. The lowest BCUT2D eigenvalue weighted by Gasteiger charge is -2.35. The molecule has 1 aliphatic heterocycles. The molecule has 1 N–H and O–H groups in total. The zero-order chi connectivity index (χ0) is 11.6. The fourth-order valence-corrected chi connectivity index (χ4v) is 2.25. The van der Waals surface area contributed by atoms with Gasteiger partial charge in [0.1, 0.15) is 12.3 Å². The predicted molar refractivity (Wildman–Crippen MR) is 55.4 cm³/mol. The van der Waals surface area contributed by atoms with Gasteiger partial charge in [-0.1, -0.05) is 12.8 Å². The molecule has 1 heterocycles. The van der Waals surface area contributed by atoms with Crippen LogP contribution in [-0.2, 0) is 19.1 Å². The highest BCUT2D eigenvalue weighted by Crippen LogP contribution is 2.33. The van der Waals surface area contributed by atoms with E-state index in [4.69, 9.17) is 4.74 Å². The Morgan fingerprint density at radius 3 is 2.81 bits per heavy atom. The zero-order valence-corrected chi connectivity index (χ0v) is 9.25. The van der Waals surface area contributed by atoms with Gasteiger partial charge in [0.25, 0.3) is 0 Å². The van der Waals surface area contributed by atoms with Gasteiger partial charge in [-0.15, -0.1) is 0 Å². The van der Waals surface area contributed by atoms with E-state index in [1.54, 1.807) is 0 Å². The monoisotopic (exact) mass is 225 g/mol. The maximum Gasteiger partial charge on any atom is 0.354 e. The van der Waals surface area contributed by atoms with Gasteiger partial charge in [-0.3, -0.25) is 0 Å². The average Bonchev–Trinajstić information content (AvgIpc) is 2.72. The standard InChI is InChI=1S/C11H15NO4/c1-15-9(13)6-8-10(14)16-7-11(12-8)4-2-3-5-11/h6,12H,2-5,7H2,1H3/b8-6-. The lowest BCUT2D eigenvalue weighted by molar-refractivity contribution is -0.146. The van der Waals surface area contributed by atoms with Crippen molar-refractivity contribution in [3.63, 3.8) is 0 Å². The van der Waals surface area contributed by atoms with E-state index in [1.807, 2.05) is 0 Å². The first kappa shape index (κ1) is 11.0. The van der Waals surface area contributed by atoms with E-state index < -0.39 is 11.9 Å². The van der Waals surface area contributed by atoms with Crippen LogP contribution in [0.25, 0.3) is 0 Å². The molecule has 2 fully saturated rings. The van der Waals surface area contributed by atoms with E-state index in [9.17, 15) is 9.59 Å². The quantitative estimate of drug-likeness (QED) is 0.520. The second-order valence-electron chi connectivity index (χ2n) is 4.27. The van der Waals surface area contributed by atoms with Crippen molar-refractivity contribution in [2.24, 2.45) is 0 Å². The van der Waals surface area contributed by atoms with Crippen molar-refractivity contribution < 1.29 is 19.1 Å². The number of hydrogen-bond acceptors (Lipinski definition) is 5. The fourth-order valence-electron chi connectivity index (χ4n) is 2.25.